The molecule has 0 aliphatic carbocycles. The van der Waals surface area contributed by atoms with E-state index in [2.05, 4.69) is 0 Å². The lowest BCUT2D eigenvalue weighted by molar-refractivity contribution is -0.134. The molecule has 0 aliphatic heterocycles. The Hall–Kier alpha value is -4.72. The van der Waals surface area contributed by atoms with Gasteiger partial charge in [-0.3, -0.25) is 19.2 Å². The average Bonchev–Trinajstić information content (AvgIpc) is 2.79. The molecule has 0 heterocycles. The molecule has 0 spiro atoms. The molecule has 0 radical (unpaired) electrons. The second-order valence-corrected chi connectivity index (χ2v) is 7.61. The van der Waals surface area contributed by atoms with Crippen molar-refractivity contribution in [2.75, 3.05) is 0 Å². The fourth-order valence-corrected chi connectivity index (χ4v) is 3.44. The Labute approximate surface area is 208 Å². The number of rotatable bonds is 7. The third-order valence-corrected chi connectivity index (χ3v) is 4.65. The summed E-state index contributed by atoms with van der Waals surface area (Å²) >= 11 is 0. The van der Waals surface area contributed by atoms with Gasteiger partial charge in [0.05, 0.1) is 0 Å². The normalized spacial score (nSPS) is 10.1. The average molecular weight is 488 g/mol. The molecule has 36 heavy (non-hydrogen) atoms. The maximum atomic E-state index is 12.0. The summed E-state index contributed by atoms with van der Waals surface area (Å²) in [5.74, 6) is -2.44. The summed E-state index contributed by atoms with van der Waals surface area (Å²) in [5.41, 5.74) is 1.94. The molecule has 0 saturated carbocycles. The summed E-state index contributed by atoms with van der Waals surface area (Å²) in [6, 6.07) is 18.8. The minimum Gasteiger partial charge on any atom is -0.423 e. The highest BCUT2D eigenvalue weighted by Gasteiger charge is 2.24. The Balaban J connectivity index is 2.39. The van der Waals surface area contributed by atoms with Gasteiger partial charge in [0.15, 0.2) is 23.0 Å². The van der Waals surface area contributed by atoms with Gasteiger partial charge < -0.3 is 18.9 Å². The van der Waals surface area contributed by atoms with Gasteiger partial charge in [-0.2, -0.15) is 0 Å². The van der Waals surface area contributed by atoms with Gasteiger partial charge in [-0.25, -0.2) is 0 Å². The summed E-state index contributed by atoms with van der Waals surface area (Å²) in [6.45, 7) is 4.90. The first-order valence-corrected chi connectivity index (χ1v) is 10.9. The Morgan fingerprint density at radius 2 is 0.944 bits per heavy atom. The standard InChI is InChI=1S/C28H24O8/c1-17(29)33-25-14-8-12-22(27(25)35-19(3)31)24(16-21-10-6-5-7-11-21)23-13-9-15-26(34-18(2)30)28(23)36-20(4)32/h5-16H,1-4H3. The minimum atomic E-state index is -0.635. The lowest BCUT2D eigenvalue weighted by Gasteiger charge is -2.19. The first-order chi connectivity index (χ1) is 17.2. The molecule has 0 unspecified atom stereocenters. The molecular weight excluding hydrogens is 464 g/mol. The van der Waals surface area contributed by atoms with E-state index in [1.54, 1.807) is 30.3 Å². The highest BCUT2D eigenvalue weighted by molar-refractivity contribution is 5.98. The zero-order valence-electron chi connectivity index (χ0n) is 20.2. The zero-order valence-corrected chi connectivity index (χ0v) is 20.2. The van der Waals surface area contributed by atoms with Crippen molar-refractivity contribution in [1.29, 1.82) is 0 Å². The van der Waals surface area contributed by atoms with Crippen LogP contribution in [0.4, 0.5) is 0 Å². The Bertz CT molecular complexity index is 1260. The molecule has 0 atom stereocenters. The number of carbonyl (C=O) groups excluding carboxylic acids is 4. The van der Waals surface area contributed by atoms with Crippen molar-refractivity contribution in [1.82, 2.24) is 0 Å². The summed E-state index contributed by atoms with van der Waals surface area (Å²) in [7, 11) is 0. The lowest BCUT2D eigenvalue weighted by Crippen LogP contribution is -2.11. The van der Waals surface area contributed by atoms with Gasteiger partial charge in [-0.1, -0.05) is 54.6 Å². The molecule has 8 heteroatoms. The number of hydrogen-bond donors (Lipinski definition) is 0. The van der Waals surface area contributed by atoms with Crippen molar-refractivity contribution in [2.45, 2.75) is 27.7 Å². The van der Waals surface area contributed by atoms with Gasteiger partial charge in [-0.05, 0) is 29.3 Å². The van der Waals surface area contributed by atoms with Gasteiger partial charge in [0.1, 0.15) is 0 Å². The van der Waals surface area contributed by atoms with Crippen LogP contribution in [0.5, 0.6) is 23.0 Å². The van der Waals surface area contributed by atoms with E-state index in [0.717, 1.165) is 5.56 Å². The predicted octanol–water partition coefficient (Wildman–Crippen LogP) is 4.98. The van der Waals surface area contributed by atoms with E-state index in [9.17, 15) is 19.2 Å². The molecule has 3 aromatic carbocycles. The van der Waals surface area contributed by atoms with Crippen molar-refractivity contribution >= 4 is 35.5 Å². The Kier molecular flexibility index (Phi) is 8.35. The van der Waals surface area contributed by atoms with E-state index in [4.69, 9.17) is 18.9 Å². The molecule has 3 rings (SSSR count). The van der Waals surface area contributed by atoms with E-state index < -0.39 is 23.9 Å². The fourth-order valence-electron chi connectivity index (χ4n) is 3.44. The summed E-state index contributed by atoms with van der Waals surface area (Å²) in [6.07, 6.45) is 1.78. The highest BCUT2D eigenvalue weighted by atomic mass is 16.6. The van der Waals surface area contributed by atoms with Crippen LogP contribution in [-0.2, 0) is 19.2 Å². The quantitative estimate of drug-likeness (QED) is 0.261. The molecular formula is C28H24O8. The topological polar surface area (TPSA) is 105 Å². The van der Waals surface area contributed by atoms with E-state index in [-0.39, 0.29) is 23.0 Å². The van der Waals surface area contributed by atoms with Crippen LogP contribution in [-0.4, -0.2) is 23.9 Å². The number of hydrogen-bond acceptors (Lipinski definition) is 8. The zero-order chi connectivity index (χ0) is 26.2. The minimum absolute atomic E-state index is 0.00551. The third kappa shape index (κ3) is 6.66. The number of benzene rings is 3. The number of esters is 4. The van der Waals surface area contributed by atoms with Crippen LogP contribution in [0.2, 0.25) is 0 Å². The van der Waals surface area contributed by atoms with Gasteiger partial charge in [0.2, 0.25) is 0 Å². The maximum Gasteiger partial charge on any atom is 0.308 e. The van der Waals surface area contributed by atoms with E-state index in [0.29, 0.717) is 16.7 Å². The SMILES string of the molecule is CC(=O)Oc1cccc(C(=Cc2ccccc2)c2cccc(OC(C)=O)c2OC(C)=O)c1OC(C)=O. The van der Waals surface area contributed by atoms with Gasteiger partial charge >= 0.3 is 23.9 Å². The van der Waals surface area contributed by atoms with Gasteiger partial charge in [0, 0.05) is 38.8 Å². The molecule has 0 N–H and O–H groups in total. The van der Waals surface area contributed by atoms with E-state index >= 15 is 0 Å². The molecule has 0 aromatic heterocycles. The van der Waals surface area contributed by atoms with Crippen molar-refractivity contribution in [3.8, 4) is 23.0 Å². The second-order valence-electron chi connectivity index (χ2n) is 7.61. The summed E-state index contributed by atoms with van der Waals surface area (Å²) in [4.78, 5) is 47.5. The molecule has 0 aliphatic rings. The summed E-state index contributed by atoms with van der Waals surface area (Å²) in [5, 5.41) is 0. The van der Waals surface area contributed by atoms with Gasteiger partial charge in [-0.15, -0.1) is 0 Å². The van der Waals surface area contributed by atoms with Crippen molar-refractivity contribution in [2.24, 2.45) is 0 Å². The maximum absolute atomic E-state index is 12.0. The molecule has 0 saturated heterocycles. The van der Waals surface area contributed by atoms with Crippen LogP contribution in [0.1, 0.15) is 44.4 Å². The number of ether oxygens (including phenoxy) is 4. The number of para-hydroxylation sites is 2. The van der Waals surface area contributed by atoms with Crippen LogP contribution in [0.25, 0.3) is 11.6 Å². The van der Waals surface area contributed by atoms with Crippen LogP contribution in [0.15, 0.2) is 66.7 Å². The highest BCUT2D eigenvalue weighted by Crippen LogP contribution is 2.44. The van der Waals surface area contributed by atoms with E-state index in [1.165, 1.54) is 39.8 Å². The molecule has 0 fully saturated rings. The third-order valence-electron chi connectivity index (χ3n) is 4.65. The van der Waals surface area contributed by atoms with Crippen LogP contribution >= 0.6 is 0 Å². The largest absolute Gasteiger partial charge is 0.423 e. The van der Waals surface area contributed by atoms with Crippen LogP contribution < -0.4 is 18.9 Å². The smallest absolute Gasteiger partial charge is 0.308 e. The summed E-state index contributed by atoms with van der Waals surface area (Å²) < 4.78 is 21.6. The molecule has 3 aromatic rings. The van der Waals surface area contributed by atoms with Gasteiger partial charge in [0.25, 0.3) is 0 Å². The first kappa shape index (κ1) is 25.9. The Morgan fingerprint density at radius 3 is 1.33 bits per heavy atom. The van der Waals surface area contributed by atoms with Crippen LogP contribution in [0, 0.1) is 0 Å². The predicted molar refractivity (Wildman–Crippen MR) is 132 cm³/mol. The Morgan fingerprint density at radius 1 is 0.528 bits per heavy atom. The molecule has 8 nitrogen and oxygen atoms in total. The molecule has 0 bridgehead atoms. The van der Waals surface area contributed by atoms with E-state index in [1.807, 2.05) is 30.3 Å². The molecule has 184 valence electrons. The lowest BCUT2D eigenvalue weighted by atomic mass is 9.93. The van der Waals surface area contributed by atoms with Crippen molar-refractivity contribution in [3.63, 3.8) is 0 Å². The van der Waals surface area contributed by atoms with Crippen molar-refractivity contribution in [3.05, 3.63) is 83.4 Å². The molecule has 0 amide bonds. The van der Waals surface area contributed by atoms with Crippen LogP contribution in [0.3, 0.4) is 0 Å². The first-order valence-electron chi connectivity index (χ1n) is 10.9. The second kappa shape index (κ2) is 11.6. The van der Waals surface area contributed by atoms with Crippen molar-refractivity contribution < 1.29 is 38.1 Å². The number of carbonyl (C=O) groups is 4. The fraction of sp³-hybridized carbons (Fsp3) is 0.143. The monoisotopic (exact) mass is 488 g/mol.